The number of nitro groups is 1. The summed E-state index contributed by atoms with van der Waals surface area (Å²) in [6, 6.07) is 5.04. The molecule has 0 saturated heterocycles. The van der Waals surface area contributed by atoms with E-state index in [2.05, 4.69) is 10.5 Å². The van der Waals surface area contributed by atoms with E-state index in [0.717, 1.165) is 12.0 Å². The van der Waals surface area contributed by atoms with E-state index in [1.54, 1.807) is 13.0 Å². The zero-order valence-electron chi connectivity index (χ0n) is 10.8. The van der Waals surface area contributed by atoms with Crippen LogP contribution in [0.1, 0.15) is 24.0 Å². The average Bonchev–Trinajstić information content (AvgIpc) is 2.39. The standard InChI is InChI=1S/C12H18N4O3/c1-9-10(4-2-5-11(9)16(18)19)8-14-7-3-6-12(13)15-17/h2,4-5,14,17H,3,6-8H2,1H3,(H2,13,15). The van der Waals surface area contributed by atoms with Gasteiger partial charge >= 0.3 is 0 Å². The Morgan fingerprint density at radius 2 is 2.32 bits per heavy atom. The van der Waals surface area contributed by atoms with Crippen molar-refractivity contribution < 1.29 is 10.1 Å². The van der Waals surface area contributed by atoms with Gasteiger partial charge in [0.2, 0.25) is 0 Å². The number of hydrogen-bond donors (Lipinski definition) is 3. The number of nitrogens with zero attached hydrogens (tertiary/aromatic N) is 2. The quantitative estimate of drug-likeness (QED) is 0.173. The van der Waals surface area contributed by atoms with Gasteiger partial charge in [-0.2, -0.15) is 0 Å². The van der Waals surface area contributed by atoms with Gasteiger partial charge in [-0.1, -0.05) is 17.3 Å². The van der Waals surface area contributed by atoms with Crippen LogP contribution < -0.4 is 11.1 Å². The molecular weight excluding hydrogens is 248 g/mol. The van der Waals surface area contributed by atoms with Crippen molar-refractivity contribution in [2.24, 2.45) is 10.9 Å². The number of oxime groups is 1. The molecule has 0 heterocycles. The van der Waals surface area contributed by atoms with Crippen LogP contribution >= 0.6 is 0 Å². The summed E-state index contributed by atoms with van der Waals surface area (Å²) in [6.07, 6.45) is 1.25. The smallest absolute Gasteiger partial charge is 0.272 e. The lowest BCUT2D eigenvalue weighted by molar-refractivity contribution is -0.385. The van der Waals surface area contributed by atoms with Gasteiger partial charge in [-0.05, 0) is 25.5 Å². The van der Waals surface area contributed by atoms with Crippen molar-refractivity contribution in [3.63, 3.8) is 0 Å². The SMILES string of the molecule is Cc1c(CNCCC/C(N)=N/O)cccc1[N+](=O)[O-]. The Morgan fingerprint density at radius 3 is 2.95 bits per heavy atom. The van der Waals surface area contributed by atoms with Crippen molar-refractivity contribution >= 4 is 11.5 Å². The zero-order valence-corrected chi connectivity index (χ0v) is 10.8. The molecule has 0 spiro atoms. The van der Waals surface area contributed by atoms with Gasteiger partial charge in [0, 0.05) is 24.6 Å². The van der Waals surface area contributed by atoms with Crippen LogP contribution in [0.25, 0.3) is 0 Å². The molecule has 0 saturated carbocycles. The highest BCUT2D eigenvalue weighted by molar-refractivity contribution is 5.79. The van der Waals surface area contributed by atoms with Crippen molar-refractivity contribution in [2.45, 2.75) is 26.3 Å². The maximum absolute atomic E-state index is 10.8. The number of nitrogens with two attached hydrogens (primary N) is 1. The summed E-state index contributed by atoms with van der Waals surface area (Å²) < 4.78 is 0. The highest BCUT2D eigenvalue weighted by Gasteiger charge is 2.12. The molecule has 1 aromatic carbocycles. The molecule has 0 radical (unpaired) electrons. The summed E-state index contributed by atoms with van der Waals surface area (Å²) in [5.74, 6) is 0.202. The second kappa shape index (κ2) is 7.32. The summed E-state index contributed by atoms with van der Waals surface area (Å²) in [6.45, 7) is 2.99. The van der Waals surface area contributed by atoms with E-state index >= 15 is 0 Å². The number of nitro benzene ring substituents is 1. The largest absolute Gasteiger partial charge is 0.409 e. The Bertz CT molecular complexity index is 474. The monoisotopic (exact) mass is 266 g/mol. The van der Waals surface area contributed by atoms with Crippen LogP contribution in [0.2, 0.25) is 0 Å². The minimum absolute atomic E-state index is 0.135. The third-order valence-electron chi connectivity index (χ3n) is 2.84. The molecule has 0 unspecified atom stereocenters. The molecule has 1 rings (SSSR count). The van der Waals surface area contributed by atoms with Crippen LogP contribution in [-0.2, 0) is 6.54 Å². The fourth-order valence-corrected chi connectivity index (χ4v) is 1.73. The fourth-order valence-electron chi connectivity index (χ4n) is 1.73. The van der Waals surface area contributed by atoms with E-state index in [1.807, 2.05) is 6.07 Å². The van der Waals surface area contributed by atoms with Gasteiger partial charge in [0.25, 0.3) is 5.69 Å². The van der Waals surface area contributed by atoms with E-state index in [1.165, 1.54) is 6.07 Å². The van der Waals surface area contributed by atoms with E-state index in [0.29, 0.717) is 25.1 Å². The third-order valence-corrected chi connectivity index (χ3v) is 2.84. The van der Waals surface area contributed by atoms with E-state index in [-0.39, 0.29) is 16.4 Å². The highest BCUT2D eigenvalue weighted by atomic mass is 16.6. The first-order chi connectivity index (χ1) is 9.06. The molecule has 0 bridgehead atoms. The van der Waals surface area contributed by atoms with Gasteiger partial charge in [0.1, 0.15) is 5.84 Å². The topological polar surface area (TPSA) is 114 Å². The Kier molecular flexibility index (Phi) is 5.74. The maximum Gasteiger partial charge on any atom is 0.272 e. The predicted molar refractivity (Wildman–Crippen MR) is 72.2 cm³/mol. The van der Waals surface area contributed by atoms with Gasteiger partial charge in [-0.3, -0.25) is 10.1 Å². The minimum Gasteiger partial charge on any atom is -0.409 e. The lowest BCUT2D eigenvalue weighted by Gasteiger charge is -2.07. The normalized spacial score (nSPS) is 11.5. The summed E-state index contributed by atoms with van der Waals surface area (Å²) in [5.41, 5.74) is 7.05. The summed E-state index contributed by atoms with van der Waals surface area (Å²) in [7, 11) is 0. The second-order valence-corrected chi connectivity index (χ2v) is 4.19. The Morgan fingerprint density at radius 1 is 1.58 bits per heavy atom. The first-order valence-corrected chi connectivity index (χ1v) is 5.96. The Balaban J connectivity index is 2.46. The van der Waals surface area contributed by atoms with E-state index < -0.39 is 0 Å². The minimum atomic E-state index is -0.378. The van der Waals surface area contributed by atoms with Crippen molar-refractivity contribution in [3.05, 3.63) is 39.4 Å². The molecule has 0 atom stereocenters. The van der Waals surface area contributed by atoms with Gasteiger partial charge in [0.15, 0.2) is 0 Å². The summed E-state index contributed by atoms with van der Waals surface area (Å²) in [5, 5.41) is 25.2. The van der Waals surface area contributed by atoms with Crippen LogP contribution in [-0.4, -0.2) is 22.5 Å². The average molecular weight is 266 g/mol. The van der Waals surface area contributed by atoms with Gasteiger partial charge < -0.3 is 16.3 Å². The molecule has 0 fully saturated rings. The van der Waals surface area contributed by atoms with Gasteiger partial charge in [0.05, 0.1) is 4.92 Å². The van der Waals surface area contributed by atoms with E-state index in [9.17, 15) is 10.1 Å². The molecule has 0 amide bonds. The Hall–Kier alpha value is -2.15. The number of rotatable bonds is 7. The summed E-state index contributed by atoms with van der Waals surface area (Å²) in [4.78, 5) is 10.4. The molecular formula is C12H18N4O3. The molecule has 7 heteroatoms. The maximum atomic E-state index is 10.8. The zero-order chi connectivity index (χ0) is 14.3. The number of amidine groups is 1. The molecule has 4 N–H and O–H groups in total. The first kappa shape index (κ1) is 14.9. The molecule has 1 aromatic rings. The fraction of sp³-hybridized carbons (Fsp3) is 0.417. The molecule has 104 valence electrons. The van der Waals surface area contributed by atoms with Crippen molar-refractivity contribution in [1.29, 1.82) is 0 Å². The molecule has 19 heavy (non-hydrogen) atoms. The summed E-state index contributed by atoms with van der Waals surface area (Å²) >= 11 is 0. The molecule has 7 nitrogen and oxygen atoms in total. The van der Waals surface area contributed by atoms with Gasteiger partial charge in [-0.15, -0.1) is 0 Å². The lowest BCUT2D eigenvalue weighted by Crippen LogP contribution is -2.19. The number of nitrogens with one attached hydrogen (secondary N) is 1. The lowest BCUT2D eigenvalue weighted by atomic mass is 10.1. The van der Waals surface area contributed by atoms with Crippen LogP contribution in [0, 0.1) is 17.0 Å². The van der Waals surface area contributed by atoms with Crippen molar-refractivity contribution in [1.82, 2.24) is 5.32 Å². The molecule has 0 aliphatic heterocycles. The molecule has 0 aromatic heterocycles. The number of hydrogen-bond acceptors (Lipinski definition) is 5. The predicted octanol–water partition coefficient (Wildman–Crippen LogP) is 1.52. The second-order valence-electron chi connectivity index (χ2n) is 4.19. The van der Waals surface area contributed by atoms with Crippen LogP contribution in [0.5, 0.6) is 0 Å². The van der Waals surface area contributed by atoms with Crippen LogP contribution in [0.4, 0.5) is 5.69 Å². The highest BCUT2D eigenvalue weighted by Crippen LogP contribution is 2.20. The van der Waals surface area contributed by atoms with E-state index in [4.69, 9.17) is 10.9 Å². The molecule has 0 aliphatic rings. The third kappa shape index (κ3) is 4.55. The van der Waals surface area contributed by atoms with Gasteiger partial charge in [-0.25, -0.2) is 0 Å². The van der Waals surface area contributed by atoms with Crippen molar-refractivity contribution in [2.75, 3.05) is 6.54 Å². The van der Waals surface area contributed by atoms with Crippen LogP contribution in [0.15, 0.2) is 23.4 Å². The van der Waals surface area contributed by atoms with Crippen LogP contribution in [0.3, 0.4) is 0 Å². The Labute approximate surface area is 111 Å². The molecule has 0 aliphatic carbocycles. The van der Waals surface area contributed by atoms with Crippen molar-refractivity contribution in [3.8, 4) is 0 Å². The number of benzene rings is 1. The first-order valence-electron chi connectivity index (χ1n) is 5.96.